The van der Waals surface area contributed by atoms with Gasteiger partial charge in [0, 0.05) is 73.9 Å². The molecule has 2 aromatic carbocycles. The molecule has 2 heterocycles. The Morgan fingerprint density at radius 1 is 0.551 bits per heavy atom. The van der Waals surface area contributed by atoms with Crippen LogP contribution in [-0.4, -0.2) is 182 Å². The highest BCUT2D eigenvalue weighted by Crippen LogP contribution is 2.21. The second-order valence-corrected chi connectivity index (χ2v) is 22.3. The minimum atomic E-state index is -1.13. The molecule has 4 rings (SSSR count). The van der Waals surface area contributed by atoms with E-state index in [9.17, 15) is 38.4 Å². The summed E-state index contributed by atoms with van der Waals surface area (Å²) in [6.07, 6.45) is 1.48. The molecule has 2 aliphatic rings. The van der Waals surface area contributed by atoms with E-state index in [0.717, 1.165) is 45.1 Å². The number of amides is 6. The van der Waals surface area contributed by atoms with Crippen LogP contribution in [0.15, 0.2) is 48.5 Å². The van der Waals surface area contributed by atoms with Crippen LogP contribution < -0.4 is 31.1 Å². The first-order valence-corrected chi connectivity index (χ1v) is 28.6. The average molecular weight is 1170 g/mol. The molecule has 0 aromatic heterocycles. The summed E-state index contributed by atoms with van der Waals surface area (Å²) in [5.74, 6) is -1.48. The van der Waals surface area contributed by atoms with E-state index >= 15 is 0 Å². The molecule has 0 spiro atoms. The van der Waals surface area contributed by atoms with Crippen LogP contribution in [0.25, 0.3) is 0 Å². The van der Waals surface area contributed by atoms with E-state index < -0.39 is 83.1 Å². The van der Waals surface area contributed by atoms with Crippen LogP contribution >= 0.6 is 46.4 Å². The lowest BCUT2D eigenvalue weighted by Crippen LogP contribution is -2.46. The number of anilines is 2. The predicted octanol–water partition coefficient (Wildman–Crippen LogP) is 5.91. The Labute approximate surface area is 478 Å². The molecule has 4 N–H and O–H groups in total. The summed E-state index contributed by atoms with van der Waals surface area (Å²) in [5, 5.41) is 11.5. The van der Waals surface area contributed by atoms with Gasteiger partial charge >= 0.3 is 24.1 Å². The number of benzene rings is 2. The number of alkyl carbamates (subject to hydrolysis) is 2. The van der Waals surface area contributed by atoms with Crippen molar-refractivity contribution < 1.29 is 57.3 Å². The number of alkyl halides is 4. The summed E-state index contributed by atoms with van der Waals surface area (Å²) in [6.45, 7) is 12.7. The molecule has 2 saturated heterocycles. The number of esters is 2. The Bertz CT molecular complexity index is 2120. The summed E-state index contributed by atoms with van der Waals surface area (Å²) in [7, 11) is 0. The van der Waals surface area contributed by atoms with E-state index in [-0.39, 0.29) is 52.0 Å². The number of hydrogen-bond acceptors (Lipinski definition) is 16. The van der Waals surface area contributed by atoms with Crippen molar-refractivity contribution >= 4 is 106 Å². The van der Waals surface area contributed by atoms with E-state index in [1.165, 1.54) is 0 Å². The zero-order valence-corrected chi connectivity index (χ0v) is 48.7. The lowest BCUT2D eigenvalue weighted by atomic mass is 10.1. The number of ether oxygens (including phenoxy) is 4. The van der Waals surface area contributed by atoms with Gasteiger partial charge in [-0.25, -0.2) is 19.2 Å². The van der Waals surface area contributed by atoms with Gasteiger partial charge < -0.3 is 50.0 Å². The van der Waals surface area contributed by atoms with Crippen molar-refractivity contribution in [2.75, 3.05) is 98.9 Å². The number of imide groups is 2. The minimum absolute atomic E-state index is 0.0387. The van der Waals surface area contributed by atoms with Crippen molar-refractivity contribution in [3.8, 4) is 0 Å². The third-order valence-corrected chi connectivity index (χ3v) is 13.0. The highest BCUT2D eigenvalue weighted by molar-refractivity contribution is 6.19. The van der Waals surface area contributed by atoms with Crippen molar-refractivity contribution in [3.63, 3.8) is 0 Å². The Kier molecular flexibility index (Phi) is 27.5. The first-order chi connectivity index (χ1) is 37.1. The molecule has 0 bridgehead atoms. The van der Waals surface area contributed by atoms with E-state index in [4.69, 9.17) is 65.4 Å². The first-order valence-electron chi connectivity index (χ1n) is 26.4. The van der Waals surface area contributed by atoms with Crippen molar-refractivity contribution in [1.29, 1.82) is 0 Å². The van der Waals surface area contributed by atoms with Gasteiger partial charge in [-0.1, -0.05) is 37.1 Å². The van der Waals surface area contributed by atoms with Crippen LogP contribution in [0.3, 0.4) is 0 Å². The van der Waals surface area contributed by atoms with E-state index in [0.29, 0.717) is 75.6 Å². The van der Waals surface area contributed by atoms with Gasteiger partial charge in [0.15, 0.2) is 0 Å². The standard InChI is InChI=1S/C54H78Cl4N8O12/c1-53(2,3)77-51(73)61-43(33-37-11-15-39(16-12-37)63(25-19-55)26-20-56)49(71)75-31-29-65-45(67)35-41(47(65)69)59-23-9-7-8-10-24-60-42-36-46(68)66(48(42)70)30-32-76-50(72)44(62-52(74)78-54(4,5)6)34-38-13-17-40(18-14-38)64(27-21-57)28-22-58/h11-18,41-44,59-60H,7-10,19-36H2,1-6H3,(H,61,73)(H,62,74)/t41?,42?,43-,44-/m0/s1. The Morgan fingerprint density at radius 3 is 1.19 bits per heavy atom. The predicted molar refractivity (Wildman–Crippen MR) is 301 cm³/mol. The van der Waals surface area contributed by atoms with Gasteiger partial charge in [-0.3, -0.25) is 29.0 Å². The zero-order valence-electron chi connectivity index (χ0n) is 45.7. The smallest absolute Gasteiger partial charge is 0.408 e. The molecular formula is C54H78Cl4N8O12. The molecule has 0 saturated carbocycles. The minimum Gasteiger partial charge on any atom is -0.462 e. The van der Waals surface area contributed by atoms with Crippen molar-refractivity contribution in [3.05, 3.63) is 59.7 Å². The summed E-state index contributed by atoms with van der Waals surface area (Å²) in [6, 6.07) is 11.2. The van der Waals surface area contributed by atoms with Gasteiger partial charge in [0.25, 0.3) is 0 Å². The van der Waals surface area contributed by atoms with Gasteiger partial charge in [0.1, 0.15) is 36.5 Å². The number of carbonyl (C=O) groups is 8. The SMILES string of the molecule is CC(C)(C)OC(=O)N[C@@H](Cc1ccc(N(CCCl)CCCl)cc1)C(=O)OCCN1C(=O)CC(NCCCCCCNC2CC(=O)N(CCOC(=O)[C@H](Cc3ccc(N(CCCl)CCCl)cc3)NC(=O)OC(C)(C)C)C2=O)C1=O. The quantitative estimate of drug-likeness (QED) is 0.0214. The highest BCUT2D eigenvalue weighted by atomic mass is 35.5. The molecule has 2 aromatic rings. The normalized spacial score (nSPS) is 16.5. The van der Waals surface area contributed by atoms with Crippen molar-refractivity contribution in [1.82, 2.24) is 31.1 Å². The monoisotopic (exact) mass is 1170 g/mol. The largest absolute Gasteiger partial charge is 0.462 e. The molecule has 2 aliphatic heterocycles. The Morgan fingerprint density at radius 2 is 0.885 bits per heavy atom. The summed E-state index contributed by atoms with van der Waals surface area (Å²) < 4.78 is 21.8. The summed E-state index contributed by atoms with van der Waals surface area (Å²) in [4.78, 5) is 111. The zero-order chi connectivity index (χ0) is 57.4. The highest BCUT2D eigenvalue weighted by Gasteiger charge is 2.40. The fourth-order valence-corrected chi connectivity index (χ4v) is 9.39. The number of unbranched alkanes of at least 4 members (excludes halogenated alkanes) is 3. The number of hydrogen-bond donors (Lipinski definition) is 4. The number of nitrogens with zero attached hydrogens (tertiary/aromatic N) is 4. The molecule has 2 unspecified atom stereocenters. The lowest BCUT2D eigenvalue weighted by molar-refractivity contribution is -0.149. The second-order valence-electron chi connectivity index (χ2n) is 20.8. The maximum absolute atomic E-state index is 13.4. The Hall–Kier alpha value is -5.12. The number of nitrogens with one attached hydrogen (secondary N) is 4. The molecule has 434 valence electrons. The summed E-state index contributed by atoms with van der Waals surface area (Å²) in [5.41, 5.74) is 1.63. The van der Waals surface area contributed by atoms with Crippen LogP contribution in [0.4, 0.5) is 21.0 Å². The van der Waals surface area contributed by atoms with Crippen LogP contribution in [0, 0.1) is 0 Å². The van der Waals surface area contributed by atoms with E-state index in [2.05, 4.69) is 21.3 Å². The maximum atomic E-state index is 13.4. The van der Waals surface area contributed by atoms with Crippen LogP contribution in [0.1, 0.15) is 91.2 Å². The van der Waals surface area contributed by atoms with Gasteiger partial charge in [0.2, 0.25) is 23.6 Å². The Balaban J connectivity index is 1.15. The lowest BCUT2D eigenvalue weighted by Gasteiger charge is -2.24. The molecule has 0 aliphatic carbocycles. The fraction of sp³-hybridized carbons (Fsp3) is 0.630. The number of rotatable bonds is 33. The fourth-order valence-electron chi connectivity index (χ4n) is 8.58. The molecule has 0 radical (unpaired) electrons. The molecule has 78 heavy (non-hydrogen) atoms. The van der Waals surface area contributed by atoms with Gasteiger partial charge in [-0.15, -0.1) is 46.4 Å². The molecule has 20 nitrogen and oxygen atoms in total. The van der Waals surface area contributed by atoms with Crippen LogP contribution in [0.2, 0.25) is 0 Å². The number of carbonyl (C=O) groups excluding carboxylic acids is 8. The first kappa shape index (κ1) is 65.4. The topological polar surface area (TPSA) is 235 Å². The van der Waals surface area contributed by atoms with E-state index in [1.54, 1.807) is 41.5 Å². The van der Waals surface area contributed by atoms with Gasteiger partial charge in [-0.05, 0) is 103 Å². The third kappa shape index (κ3) is 22.6. The molecule has 2 fully saturated rings. The molecule has 24 heteroatoms. The van der Waals surface area contributed by atoms with Crippen LogP contribution in [0.5, 0.6) is 0 Å². The van der Waals surface area contributed by atoms with E-state index in [1.807, 2.05) is 58.3 Å². The van der Waals surface area contributed by atoms with Gasteiger partial charge in [0.05, 0.1) is 38.0 Å². The second kappa shape index (κ2) is 32.8. The van der Waals surface area contributed by atoms with Crippen molar-refractivity contribution in [2.45, 2.75) is 128 Å². The molecular weight excluding hydrogens is 1090 g/mol. The average Bonchev–Trinajstić information content (AvgIpc) is 3.81. The maximum Gasteiger partial charge on any atom is 0.408 e. The summed E-state index contributed by atoms with van der Waals surface area (Å²) >= 11 is 23.9. The molecule has 6 amide bonds. The van der Waals surface area contributed by atoms with Crippen LogP contribution in [-0.2, 0) is 60.6 Å². The van der Waals surface area contributed by atoms with Gasteiger partial charge in [-0.2, -0.15) is 0 Å². The number of halogens is 4. The van der Waals surface area contributed by atoms with Crippen molar-refractivity contribution in [2.24, 2.45) is 0 Å². The molecule has 4 atom stereocenters. The number of likely N-dealkylation sites (tertiary alicyclic amines) is 2. The third-order valence-electron chi connectivity index (χ3n) is 12.3.